The molecule has 0 spiro atoms. The molecule has 1 aliphatic rings. The molecule has 0 fully saturated rings. The van der Waals surface area contributed by atoms with Crippen LogP contribution in [0.3, 0.4) is 0 Å². The van der Waals surface area contributed by atoms with Gasteiger partial charge in [0.1, 0.15) is 11.4 Å². The Labute approximate surface area is 205 Å². The number of nitrogens with zero attached hydrogens (tertiary/aromatic N) is 6. The van der Waals surface area contributed by atoms with Crippen LogP contribution in [0.1, 0.15) is 0 Å². The van der Waals surface area contributed by atoms with Crippen LogP contribution in [0.5, 0.6) is 0 Å². The maximum Gasteiger partial charge on any atom is 0.178 e. The van der Waals surface area contributed by atoms with E-state index in [0.717, 1.165) is 11.0 Å². The number of amidine groups is 2. The first kappa shape index (κ1) is 23.0. The molecule has 0 atom stereocenters. The number of aliphatic hydroxyl groups excluding tert-OH is 2. The van der Waals surface area contributed by atoms with Crippen molar-refractivity contribution in [3.63, 3.8) is 0 Å². The third-order valence-corrected chi connectivity index (χ3v) is 5.35. The van der Waals surface area contributed by atoms with Gasteiger partial charge in [0.05, 0.1) is 35.7 Å². The summed E-state index contributed by atoms with van der Waals surface area (Å²) in [4.78, 5) is 9.25. The van der Waals surface area contributed by atoms with E-state index in [2.05, 4.69) is 31.1 Å². The van der Waals surface area contributed by atoms with Crippen LogP contribution in [0.2, 0.25) is 0 Å². The zero-order valence-electron chi connectivity index (χ0n) is 19.2. The summed E-state index contributed by atoms with van der Waals surface area (Å²) >= 11 is 0. The van der Waals surface area contributed by atoms with Crippen LogP contribution >= 0.6 is 0 Å². The predicted octanol–water partition coefficient (Wildman–Crippen LogP) is 1.21. The van der Waals surface area contributed by atoms with Gasteiger partial charge in [-0.05, 0) is 30.3 Å². The first-order valence-corrected chi connectivity index (χ1v) is 11.2. The van der Waals surface area contributed by atoms with Crippen LogP contribution in [0.15, 0.2) is 70.5 Å². The molecule has 0 aliphatic carbocycles. The highest BCUT2D eigenvalue weighted by Gasteiger charge is 2.22. The molecule has 13 nitrogen and oxygen atoms in total. The van der Waals surface area contributed by atoms with E-state index in [9.17, 15) is 10.2 Å². The van der Waals surface area contributed by atoms with Gasteiger partial charge in [-0.1, -0.05) is 12.1 Å². The maximum absolute atomic E-state index is 9.26. The fourth-order valence-electron chi connectivity index (χ4n) is 3.74. The standard InChI is InChI=1S/C23H25N11O2/c24-14-13-15(25)21(29-19-17-6-2-4-10-34(17)32-23(19)27-8-12-36)30-20(14)28-18-16-5-1-3-9-33(16)31-22(18)26-7-11-35/h1-6,9-10,13,24,35-36H,7-8,11-12,25H2,(H,26,31)(H,27,32)(H,28,29,30). The quantitative estimate of drug-likeness (QED) is 0.193. The molecule has 0 saturated heterocycles. The zero-order chi connectivity index (χ0) is 25.1. The lowest BCUT2D eigenvalue weighted by Crippen LogP contribution is -2.29. The molecule has 13 heteroatoms. The zero-order valence-corrected chi connectivity index (χ0v) is 19.2. The van der Waals surface area contributed by atoms with Crippen molar-refractivity contribution in [1.82, 2.24) is 19.2 Å². The first-order valence-electron chi connectivity index (χ1n) is 11.2. The number of hydrogen-bond donors (Lipinski definition) is 7. The first-order chi connectivity index (χ1) is 17.6. The van der Waals surface area contributed by atoms with Crippen molar-refractivity contribution in [2.75, 3.05) is 42.3 Å². The van der Waals surface area contributed by atoms with E-state index < -0.39 is 0 Å². The molecule has 4 aromatic rings. The largest absolute Gasteiger partial charge is 0.396 e. The van der Waals surface area contributed by atoms with E-state index >= 15 is 0 Å². The summed E-state index contributed by atoms with van der Waals surface area (Å²) in [6.45, 7) is 0.473. The molecular weight excluding hydrogens is 462 g/mol. The minimum atomic E-state index is -0.0678. The lowest BCUT2D eigenvalue weighted by molar-refractivity contribution is 0.310. The molecule has 0 saturated carbocycles. The summed E-state index contributed by atoms with van der Waals surface area (Å²) in [5.74, 6) is 1.42. The summed E-state index contributed by atoms with van der Waals surface area (Å²) in [7, 11) is 0. The smallest absolute Gasteiger partial charge is 0.178 e. The molecule has 5 heterocycles. The van der Waals surface area contributed by atoms with Crippen LogP contribution in [-0.2, 0) is 0 Å². The minimum Gasteiger partial charge on any atom is -0.396 e. The average molecular weight is 488 g/mol. The SMILES string of the molecule is N=C1C=C(N)C(=Nc2c(NCCO)nn3ccccc23)N=C1Nc1c(NCCO)nn2ccccc12. The van der Waals surface area contributed by atoms with Crippen LogP contribution in [-0.4, -0.2) is 73.1 Å². The van der Waals surface area contributed by atoms with Gasteiger partial charge in [-0.2, -0.15) is 0 Å². The van der Waals surface area contributed by atoms with E-state index in [4.69, 9.17) is 16.1 Å². The van der Waals surface area contributed by atoms with Gasteiger partial charge in [0.25, 0.3) is 0 Å². The summed E-state index contributed by atoms with van der Waals surface area (Å²) < 4.78 is 3.36. The van der Waals surface area contributed by atoms with Gasteiger partial charge in [-0.25, -0.2) is 19.0 Å². The van der Waals surface area contributed by atoms with Crippen molar-refractivity contribution in [2.45, 2.75) is 0 Å². The minimum absolute atomic E-state index is 0.0630. The molecule has 0 amide bonds. The van der Waals surface area contributed by atoms with Crippen LogP contribution < -0.4 is 21.7 Å². The van der Waals surface area contributed by atoms with Gasteiger partial charge in [-0.15, -0.1) is 10.2 Å². The number of dihydropyridines is 1. The van der Waals surface area contributed by atoms with E-state index in [1.54, 1.807) is 21.4 Å². The van der Waals surface area contributed by atoms with Crippen LogP contribution in [0.25, 0.3) is 11.0 Å². The van der Waals surface area contributed by atoms with Gasteiger partial charge in [-0.3, -0.25) is 5.41 Å². The molecule has 8 N–H and O–H groups in total. The van der Waals surface area contributed by atoms with Gasteiger partial charge in [0.15, 0.2) is 23.3 Å². The number of nitrogens with two attached hydrogens (primary N) is 1. The number of nitrogens with one attached hydrogen (secondary N) is 4. The Morgan fingerprint density at radius 3 is 2.28 bits per heavy atom. The molecule has 0 unspecified atom stereocenters. The molecule has 0 radical (unpaired) electrons. The number of aliphatic hydroxyl groups is 2. The Bertz CT molecular complexity index is 1530. The number of pyridine rings is 2. The fraction of sp³-hybridized carbons (Fsp3) is 0.174. The lowest BCUT2D eigenvalue weighted by atomic mass is 10.2. The Morgan fingerprint density at radius 2 is 1.56 bits per heavy atom. The van der Waals surface area contributed by atoms with E-state index in [-0.39, 0.29) is 36.3 Å². The normalized spacial score (nSPS) is 14.8. The number of fused-ring (bicyclic) bond motifs is 2. The monoisotopic (exact) mass is 487 g/mol. The number of anilines is 3. The third kappa shape index (κ3) is 4.35. The second-order valence-electron chi connectivity index (χ2n) is 7.82. The molecule has 1 aliphatic heterocycles. The van der Waals surface area contributed by atoms with E-state index in [0.29, 0.717) is 36.1 Å². The highest BCUT2D eigenvalue weighted by atomic mass is 16.3. The van der Waals surface area contributed by atoms with Crippen LogP contribution in [0, 0.1) is 5.41 Å². The molecule has 0 aromatic carbocycles. The number of aliphatic imine (C=N–C) groups is 2. The highest BCUT2D eigenvalue weighted by molar-refractivity contribution is 6.52. The van der Waals surface area contributed by atoms with Crippen molar-refractivity contribution in [1.29, 1.82) is 5.41 Å². The van der Waals surface area contributed by atoms with Gasteiger partial charge in [0.2, 0.25) is 0 Å². The Hall–Kier alpha value is -4.75. The fourth-order valence-corrected chi connectivity index (χ4v) is 3.74. The number of rotatable bonds is 8. The Morgan fingerprint density at radius 1 is 0.917 bits per heavy atom. The van der Waals surface area contributed by atoms with E-state index in [1.807, 2.05) is 36.4 Å². The molecular formula is C23H25N11O2. The van der Waals surface area contributed by atoms with Crippen molar-refractivity contribution in [3.05, 3.63) is 60.6 Å². The van der Waals surface area contributed by atoms with E-state index in [1.165, 1.54) is 6.08 Å². The predicted molar refractivity (Wildman–Crippen MR) is 140 cm³/mol. The number of hydrogen-bond acceptors (Lipinski definition) is 10. The topological polar surface area (TPSA) is 186 Å². The molecule has 0 bridgehead atoms. The van der Waals surface area contributed by atoms with Crippen LogP contribution in [0.4, 0.5) is 23.0 Å². The maximum atomic E-state index is 9.26. The van der Waals surface area contributed by atoms with Crippen molar-refractivity contribution in [2.24, 2.45) is 15.7 Å². The Kier molecular flexibility index (Phi) is 6.30. The second kappa shape index (κ2) is 9.85. The molecule has 184 valence electrons. The van der Waals surface area contributed by atoms with Crippen molar-refractivity contribution >= 4 is 51.4 Å². The number of aromatic nitrogens is 4. The molecule has 4 aromatic heterocycles. The van der Waals surface area contributed by atoms with Gasteiger partial charge in [0, 0.05) is 25.5 Å². The highest BCUT2D eigenvalue weighted by Crippen LogP contribution is 2.31. The third-order valence-electron chi connectivity index (χ3n) is 5.35. The van der Waals surface area contributed by atoms with Crippen molar-refractivity contribution < 1.29 is 10.2 Å². The summed E-state index contributed by atoms with van der Waals surface area (Å²) in [6.07, 6.45) is 5.07. The van der Waals surface area contributed by atoms with Crippen molar-refractivity contribution in [3.8, 4) is 0 Å². The second-order valence-corrected chi connectivity index (χ2v) is 7.82. The Balaban J connectivity index is 1.56. The van der Waals surface area contributed by atoms with Gasteiger partial charge < -0.3 is 31.9 Å². The lowest BCUT2D eigenvalue weighted by Gasteiger charge is -2.15. The summed E-state index contributed by atoms with van der Waals surface area (Å²) in [6, 6.07) is 11.2. The van der Waals surface area contributed by atoms with Gasteiger partial charge >= 0.3 is 0 Å². The summed E-state index contributed by atoms with van der Waals surface area (Å²) in [5.41, 5.74) is 9.11. The molecule has 36 heavy (non-hydrogen) atoms. The molecule has 5 rings (SSSR count). The summed E-state index contributed by atoms with van der Waals surface area (Å²) in [5, 5.41) is 45.3. The average Bonchev–Trinajstić information content (AvgIpc) is 3.42.